The monoisotopic (exact) mass is 535 g/mol. The first-order chi connectivity index (χ1) is 17.7. The molecule has 3 N–H and O–H groups in total. The van der Waals surface area contributed by atoms with E-state index in [9.17, 15) is 14.5 Å². The first kappa shape index (κ1) is 30.4. The number of fused-ring (bicyclic) bond motifs is 1. The molecule has 2 aromatic heterocycles. The number of rotatable bonds is 15. The Morgan fingerprint density at radius 3 is 2.51 bits per heavy atom. The maximum atomic E-state index is 12.5. The summed E-state index contributed by atoms with van der Waals surface area (Å²) in [5, 5.41) is 14.9. The van der Waals surface area contributed by atoms with Crippen molar-refractivity contribution in [3.05, 3.63) is 41.9 Å². The molecule has 0 aromatic carbocycles. The van der Waals surface area contributed by atoms with Gasteiger partial charge in [-0.15, -0.1) is 0 Å². The molecular weight excluding hydrogens is 497 g/mol. The second kappa shape index (κ2) is 15.4. The van der Waals surface area contributed by atoms with Gasteiger partial charge in [-0.25, -0.2) is 14.8 Å². The molecule has 0 aliphatic carbocycles. The maximum Gasteiger partial charge on any atom is 0.330 e. The van der Waals surface area contributed by atoms with Gasteiger partial charge in [0.1, 0.15) is 23.7 Å². The van der Waals surface area contributed by atoms with Crippen molar-refractivity contribution in [2.45, 2.75) is 40.5 Å². The van der Waals surface area contributed by atoms with Crippen LogP contribution in [0.2, 0.25) is 0 Å². The summed E-state index contributed by atoms with van der Waals surface area (Å²) in [7, 11) is -1.58. The molecule has 0 fully saturated rings. The highest BCUT2D eigenvalue weighted by Gasteiger charge is 2.22. The fourth-order valence-corrected chi connectivity index (χ4v) is 5.10. The predicted octanol–water partition coefficient (Wildman–Crippen LogP) is 4.75. The smallest absolute Gasteiger partial charge is 0.330 e. The van der Waals surface area contributed by atoms with E-state index in [1.54, 1.807) is 38.3 Å². The van der Waals surface area contributed by atoms with Crippen LogP contribution in [0.15, 0.2) is 36.2 Å². The van der Waals surface area contributed by atoms with Crippen LogP contribution in [0.1, 0.15) is 46.2 Å². The Morgan fingerprint density at radius 1 is 1.16 bits per heavy atom. The fraction of sp³-hybridized carbons (Fsp3) is 0.520. The molecule has 0 spiro atoms. The predicted molar refractivity (Wildman–Crippen MR) is 144 cm³/mol. The molecule has 2 rings (SSSR count). The highest BCUT2D eigenvalue weighted by Crippen LogP contribution is 2.48. The van der Waals surface area contributed by atoms with Gasteiger partial charge in [-0.2, -0.15) is 0 Å². The zero-order valence-corrected chi connectivity index (χ0v) is 23.1. The first-order valence-corrected chi connectivity index (χ1v) is 14.1. The van der Waals surface area contributed by atoms with Crippen LogP contribution in [0.4, 0.5) is 10.6 Å². The summed E-state index contributed by atoms with van der Waals surface area (Å²) in [6.45, 7) is 8.41. The molecule has 2 heterocycles. The molecule has 12 heteroatoms. The number of carbonyl (C=O) groups is 1. The lowest BCUT2D eigenvalue weighted by molar-refractivity contribution is 0.207. The molecule has 0 saturated heterocycles. The molecular formula is C25H38N5O6P. The molecule has 204 valence electrons. The number of pyridine rings is 1. The molecule has 37 heavy (non-hydrogen) atoms. The number of anilines is 1. The second-order valence-corrected chi connectivity index (χ2v) is 10.6. The van der Waals surface area contributed by atoms with E-state index >= 15 is 0 Å². The molecule has 2 aromatic rings. The Morgan fingerprint density at radius 2 is 1.89 bits per heavy atom. The summed E-state index contributed by atoms with van der Waals surface area (Å²) in [4.78, 5) is 25.8. The van der Waals surface area contributed by atoms with Crippen molar-refractivity contribution in [1.82, 2.24) is 20.3 Å². The minimum absolute atomic E-state index is 0.218. The number of ether oxygens (including phenoxy) is 1. The van der Waals surface area contributed by atoms with Crippen molar-refractivity contribution in [3.8, 4) is 0 Å². The van der Waals surface area contributed by atoms with Gasteiger partial charge in [-0.05, 0) is 50.8 Å². The highest BCUT2D eigenvalue weighted by molar-refractivity contribution is 7.53. The van der Waals surface area contributed by atoms with Gasteiger partial charge < -0.3 is 24.2 Å². The number of urea groups is 1. The molecule has 2 amide bonds. The number of amides is 2. The van der Waals surface area contributed by atoms with E-state index in [2.05, 4.69) is 25.6 Å². The number of methoxy groups -OCH3 is 1. The van der Waals surface area contributed by atoms with Gasteiger partial charge in [0, 0.05) is 12.1 Å². The Hall–Kier alpha value is -2.85. The number of hydrogen-bond acceptors (Lipinski definition) is 9. The topological polar surface area (TPSA) is 145 Å². The summed E-state index contributed by atoms with van der Waals surface area (Å²) >= 11 is 0. The number of aliphatic hydroxyl groups excluding tert-OH is 1. The van der Waals surface area contributed by atoms with Crippen LogP contribution in [-0.2, 0) is 18.3 Å². The van der Waals surface area contributed by atoms with Crippen LogP contribution in [0.25, 0.3) is 16.7 Å². The lowest BCUT2D eigenvalue weighted by Crippen LogP contribution is -2.30. The number of aliphatic hydroxyl groups is 1. The minimum Gasteiger partial charge on any atom is -0.499 e. The van der Waals surface area contributed by atoms with E-state index < -0.39 is 13.6 Å². The second-order valence-electron chi connectivity index (χ2n) is 8.39. The number of carbonyl (C=O) groups excluding carboxylic acids is 1. The van der Waals surface area contributed by atoms with Crippen LogP contribution >= 0.6 is 7.60 Å². The Kier molecular flexibility index (Phi) is 12.7. The third-order valence-electron chi connectivity index (χ3n) is 4.99. The quantitative estimate of drug-likeness (QED) is 0.127. The summed E-state index contributed by atoms with van der Waals surface area (Å²) in [5.41, 5.74) is 2.25. The third-order valence-corrected chi connectivity index (χ3v) is 7.15. The zero-order chi connectivity index (χ0) is 27.3. The molecule has 0 aliphatic rings. The number of unbranched alkanes of at least 4 members (excludes halogenated alkanes) is 1. The lowest BCUT2D eigenvalue weighted by atomic mass is 10.1. The van der Waals surface area contributed by atoms with Crippen LogP contribution in [0.5, 0.6) is 0 Å². The van der Waals surface area contributed by atoms with E-state index in [-0.39, 0.29) is 12.5 Å². The molecule has 0 atom stereocenters. The average Bonchev–Trinajstić information content (AvgIpc) is 2.86. The van der Waals surface area contributed by atoms with Crippen molar-refractivity contribution < 1.29 is 28.3 Å². The summed E-state index contributed by atoms with van der Waals surface area (Å²) in [6, 6.07) is 2.96. The van der Waals surface area contributed by atoms with E-state index in [0.717, 1.165) is 5.57 Å². The Bertz CT molecular complexity index is 1120. The fourth-order valence-electron chi connectivity index (χ4n) is 3.37. The summed E-state index contributed by atoms with van der Waals surface area (Å²) < 4.78 is 28.2. The third kappa shape index (κ3) is 10.2. The van der Waals surface area contributed by atoms with Crippen molar-refractivity contribution in [2.75, 3.05) is 45.0 Å². The van der Waals surface area contributed by atoms with Crippen molar-refractivity contribution in [1.29, 1.82) is 0 Å². The van der Waals surface area contributed by atoms with Crippen LogP contribution in [0.3, 0.4) is 0 Å². The molecule has 0 radical (unpaired) electrons. The first-order valence-electron chi connectivity index (χ1n) is 12.4. The zero-order valence-electron chi connectivity index (χ0n) is 22.2. The van der Waals surface area contributed by atoms with Gasteiger partial charge in [-0.1, -0.05) is 19.9 Å². The SMILES string of the molecule is CCOP(=O)(CCCCNC(=O)Nc1ccc2ncc(C(/C=C(\CO)OC)=C/C(C)C)nc2n1)OCC. The van der Waals surface area contributed by atoms with Crippen molar-refractivity contribution in [3.63, 3.8) is 0 Å². The number of nitrogens with zero attached hydrogens (tertiary/aromatic N) is 3. The van der Waals surface area contributed by atoms with Crippen LogP contribution in [-0.4, -0.2) is 65.7 Å². The van der Waals surface area contributed by atoms with Crippen LogP contribution in [0, 0.1) is 5.92 Å². The maximum absolute atomic E-state index is 12.5. The Balaban J connectivity index is 2.03. The lowest BCUT2D eigenvalue weighted by Gasteiger charge is -2.16. The van der Waals surface area contributed by atoms with E-state index in [0.29, 0.717) is 67.2 Å². The largest absolute Gasteiger partial charge is 0.499 e. The average molecular weight is 536 g/mol. The van der Waals surface area contributed by atoms with Gasteiger partial charge >= 0.3 is 13.6 Å². The highest BCUT2D eigenvalue weighted by atomic mass is 31.2. The Labute approximate surface area is 218 Å². The molecule has 0 aliphatic heterocycles. The number of nitrogens with one attached hydrogen (secondary N) is 2. The van der Waals surface area contributed by atoms with Gasteiger partial charge in [0.05, 0.1) is 38.4 Å². The molecule has 11 nitrogen and oxygen atoms in total. The van der Waals surface area contributed by atoms with Gasteiger partial charge in [0.2, 0.25) is 0 Å². The number of allylic oxidation sites excluding steroid dienone is 3. The summed E-state index contributed by atoms with van der Waals surface area (Å²) in [5.74, 6) is 0.939. The van der Waals surface area contributed by atoms with E-state index in [4.69, 9.17) is 13.8 Å². The van der Waals surface area contributed by atoms with Gasteiger partial charge in [0.15, 0.2) is 5.65 Å². The van der Waals surface area contributed by atoms with E-state index in [1.165, 1.54) is 7.11 Å². The van der Waals surface area contributed by atoms with Gasteiger partial charge in [-0.3, -0.25) is 14.9 Å². The number of hydrogen-bond donors (Lipinski definition) is 3. The van der Waals surface area contributed by atoms with Crippen LogP contribution < -0.4 is 10.6 Å². The summed E-state index contributed by atoms with van der Waals surface area (Å²) in [6.07, 6.45) is 6.85. The van der Waals surface area contributed by atoms with Gasteiger partial charge in [0.25, 0.3) is 0 Å². The molecule has 0 saturated carbocycles. The number of aromatic nitrogens is 3. The van der Waals surface area contributed by atoms with E-state index in [1.807, 2.05) is 19.9 Å². The van der Waals surface area contributed by atoms with Crippen molar-refractivity contribution in [2.24, 2.45) is 5.92 Å². The molecule has 0 bridgehead atoms. The molecule has 0 unspecified atom stereocenters. The minimum atomic E-state index is -3.07. The van der Waals surface area contributed by atoms with Crippen molar-refractivity contribution >= 4 is 36.2 Å². The normalized spacial score (nSPS) is 12.7. The standard InChI is InChI=1S/C25H38N5O6P/c1-6-35-37(33,36-7-2)13-9-8-12-26-25(32)30-23-11-10-21-24(29-23)28-22(16-27-21)19(14-18(3)4)15-20(17-31)34-5/h10-11,14-16,18,31H,6-9,12-13,17H2,1-5H3,(H2,26,28,29,30,32)/b19-14+,20-15+.